The molecule has 43 heavy (non-hydrogen) atoms. The summed E-state index contributed by atoms with van der Waals surface area (Å²) >= 11 is 0. The van der Waals surface area contributed by atoms with E-state index in [-0.39, 0.29) is 16.9 Å². The summed E-state index contributed by atoms with van der Waals surface area (Å²) in [6.07, 6.45) is 5.52. The van der Waals surface area contributed by atoms with Crippen molar-refractivity contribution in [2.75, 3.05) is 29.5 Å². The standard InChI is InChI=1S/C36H43N5O2/c1-24-30(10-9-11-31(24)39-34(42)25-12-14-28(15-13-25)36(2,3)4)26-21-33(35(43)40(5)22-26)38-32-17-16-29(37)20-27(32)23-41-18-7-6-8-19-41/h9-17,20-22,38H,6-8,18-19,23,37H2,1-5H3,(H,39,42). The van der Waals surface area contributed by atoms with Crippen molar-refractivity contribution < 1.29 is 4.79 Å². The third kappa shape index (κ3) is 7.00. The van der Waals surface area contributed by atoms with Gasteiger partial charge in [-0.25, -0.2) is 0 Å². The molecule has 3 aromatic carbocycles. The fourth-order valence-electron chi connectivity index (χ4n) is 5.72. The van der Waals surface area contributed by atoms with Gasteiger partial charge >= 0.3 is 0 Å². The Bertz CT molecular complexity index is 1680. The van der Waals surface area contributed by atoms with Crippen molar-refractivity contribution in [2.24, 2.45) is 7.05 Å². The normalized spacial score (nSPS) is 14.0. The summed E-state index contributed by atoms with van der Waals surface area (Å²) in [6.45, 7) is 11.4. The number of benzene rings is 3. The smallest absolute Gasteiger partial charge is 0.274 e. The molecule has 0 aliphatic carbocycles. The predicted molar refractivity (Wildman–Crippen MR) is 178 cm³/mol. The minimum atomic E-state index is -0.159. The SMILES string of the molecule is Cc1c(NC(=O)c2ccc(C(C)(C)C)cc2)cccc1-c1cc(Nc2ccc(N)cc2CN2CCCCC2)c(=O)n(C)c1. The number of rotatable bonds is 7. The summed E-state index contributed by atoms with van der Waals surface area (Å²) in [5.74, 6) is -0.159. The van der Waals surface area contributed by atoms with Crippen molar-refractivity contribution in [2.45, 2.75) is 58.9 Å². The largest absolute Gasteiger partial charge is 0.399 e. The van der Waals surface area contributed by atoms with Gasteiger partial charge in [0.2, 0.25) is 0 Å². The second kappa shape index (κ2) is 12.5. The van der Waals surface area contributed by atoms with Crippen LogP contribution in [0.4, 0.5) is 22.7 Å². The molecule has 0 atom stereocenters. The number of aryl methyl sites for hydroxylation is 1. The van der Waals surface area contributed by atoms with Crippen LogP contribution >= 0.6 is 0 Å². The molecule has 4 N–H and O–H groups in total. The molecule has 0 spiro atoms. The van der Waals surface area contributed by atoms with Gasteiger partial charge < -0.3 is 20.9 Å². The van der Waals surface area contributed by atoms with Gasteiger partial charge in [0.15, 0.2) is 0 Å². The van der Waals surface area contributed by atoms with Crippen LogP contribution in [0, 0.1) is 6.92 Å². The van der Waals surface area contributed by atoms with Crippen molar-refractivity contribution in [3.63, 3.8) is 0 Å². The lowest BCUT2D eigenvalue weighted by atomic mass is 9.86. The van der Waals surface area contributed by atoms with Crippen LogP contribution in [0.2, 0.25) is 0 Å². The Morgan fingerprint density at radius 2 is 1.63 bits per heavy atom. The molecule has 0 bridgehead atoms. The Morgan fingerprint density at radius 1 is 0.907 bits per heavy atom. The molecule has 1 aliphatic heterocycles. The lowest BCUT2D eigenvalue weighted by Gasteiger charge is -2.27. The maximum absolute atomic E-state index is 13.3. The van der Waals surface area contributed by atoms with Crippen LogP contribution < -0.4 is 21.9 Å². The molecule has 2 heterocycles. The highest BCUT2D eigenvalue weighted by molar-refractivity contribution is 6.05. The number of hydrogen-bond donors (Lipinski definition) is 3. The first kappa shape index (κ1) is 30.1. The molecule has 1 aromatic heterocycles. The highest BCUT2D eigenvalue weighted by Gasteiger charge is 2.17. The van der Waals surface area contributed by atoms with E-state index in [1.807, 2.05) is 79.9 Å². The number of piperidine rings is 1. The van der Waals surface area contributed by atoms with Gasteiger partial charge in [0.05, 0.1) is 0 Å². The number of nitrogen functional groups attached to an aromatic ring is 1. The average Bonchev–Trinajstić information content (AvgIpc) is 2.98. The Kier molecular flexibility index (Phi) is 8.74. The van der Waals surface area contributed by atoms with E-state index in [1.54, 1.807) is 11.6 Å². The lowest BCUT2D eigenvalue weighted by molar-refractivity contribution is 0.102. The molecule has 224 valence electrons. The van der Waals surface area contributed by atoms with Crippen LogP contribution in [0.15, 0.2) is 77.7 Å². The maximum Gasteiger partial charge on any atom is 0.274 e. The van der Waals surface area contributed by atoms with Gasteiger partial charge in [-0.1, -0.05) is 51.5 Å². The molecular formula is C36H43N5O2. The Balaban J connectivity index is 1.42. The highest BCUT2D eigenvalue weighted by Crippen LogP contribution is 2.31. The monoisotopic (exact) mass is 577 g/mol. The molecule has 5 rings (SSSR count). The van der Waals surface area contributed by atoms with Gasteiger partial charge in [0, 0.05) is 48.0 Å². The zero-order chi connectivity index (χ0) is 30.7. The van der Waals surface area contributed by atoms with Crippen molar-refractivity contribution in [1.82, 2.24) is 9.47 Å². The first-order valence-electron chi connectivity index (χ1n) is 15.1. The topological polar surface area (TPSA) is 92.4 Å². The van der Waals surface area contributed by atoms with Gasteiger partial charge in [0.1, 0.15) is 5.69 Å². The highest BCUT2D eigenvalue weighted by atomic mass is 16.1. The number of hydrogen-bond acceptors (Lipinski definition) is 5. The minimum Gasteiger partial charge on any atom is -0.399 e. The zero-order valence-corrected chi connectivity index (χ0v) is 26.0. The van der Waals surface area contributed by atoms with E-state index in [2.05, 4.69) is 36.3 Å². The number of pyridine rings is 1. The fraction of sp³-hybridized carbons (Fsp3) is 0.333. The minimum absolute atomic E-state index is 0.0200. The third-order valence-corrected chi connectivity index (χ3v) is 8.33. The maximum atomic E-state index is 13.3. The van der Waals surface area contributed by atoms with Crippen molar-refractivity contribution in [1.29, 1.82) is 0 Å². The number of nitrogens with one attached hydrogen (secondary N) is 2. The average molecular weight is 578 g/mol. The summed E-state index contributed by atoms with van der Waals surface area (Å²) in [4.78, 5) is 28.9. The van der Waals surface area contributed by atoms with E-state index in [9.17, 15) is 9.59 Å². The van der Waals surface area contributed by atoms with Gasteiger partial charge in [-0.3, -0.25) is 14.5 Å². The summed E-state index contributed by atoms with van der Waals surface area (Å²) in [5.41, 5.74) is 14.5. The number of aromatic nitrogens is 1. The number of carbonyl (C=O) groups excluding carboxylic acids is 1. The third-order valence-electron chi connectivity index (χ3n) is 8.33. The first-order chi connectivity index (χ1) is 20.5. The summed E-state index contributed by atoms with van der Waals surface area (Å²) in [5, 5.41) is 6.51. The molecule has 1 saturated heterocycles. The second-order valence-electron chi connectivity index (χ2n) is 12.7. The Morgan fingerprint density at radius 3 is 2.33 bits per heavy atom. The van der Waals surface area contributed by atoms with E-state index in [0.29, 0.717) is 16.9 Å². The van der Waals surface area contributed by atoms with Crippen LogP contribution in [0.25, 0.3) is 11.1 Å². The number of nitrogens with zero attached hydrogens (tertiary/aromatic N) is 2. The number of amides is 1. The molecule has 0 unspecified atom stereocenters. The molecule has 7 heteroatoms. The predicted octanol–water partition coefficient (Wildman–Crippen LogP) is 7.22. The van der Waals surface area contributed by atoms with Crippen molar-refractivity contribution in [3.8, 4) is 11.1 Å². The molecular weight excluding hydrogens is 534 g/mol. The molecule has 0 saturated carbocycles. The van der Waals surface area contributed by atoms with Crippen molar-refractivity contribution >= 4 is 28.7 Å². The molecule has 7 nitrogen and oxygen atoms in total. The van der Waals surface area contributed by atoms with Crippen LogP contribution in [0.3, 0.4) is 0 Å². The molecule has 1 fully saturated rings. The summed E-state index contributed by atoms with van der Waals surface area (Å²) in [6, 6.07) is 21.3. The van der Waals surface area contributed by atoms with Crippen molar-refractivity contribution in [3.05, 3.63) is 106 Å². The quantitative estimate of drug-likeness (QED) is 0.202. The Hall–Kier alpha value is -4.36. The second-order valence-corrected chi connectivity index (χ2v) is 12.7. The van der Waals surface area contributed by atoms with E-state index < -0.39 is 0 Å². The van der Waals surface area contributed by atoms with E-state index in [0.717, 1.165) is 53.3 Å². The van der Waals surface area contributed by atoms with Crippen LogP contribution in [-0.2, 0) is 19.0 Å². The van der Waals surface area contributed by atoms with Gasteiger partial charge in [-0.05, 0) is 103 Å². The van der Waals surface area contributed by atoms with Gasteiger partial charge in [0.25, 0.3) is 11.5 Å². The molecule has 4 aromatic rings. The molecule has 1 aliphatic rings. The Labute approximate surface area is 254 Å². The van der Waals surface area contributed by atoms with E-state index in [4.69, 9.17) is 5.73 Å². The number of carbonyl (C=O) groups is 1. The molecule has 1 amide bonds. The zero-order valence-electron chi connectivity index (χ0n) is 26.0. The van der Waals surface area contributed by atoms with Crippen LogP contribution in [-0.4, -0.2) is 28.5 Å². The lowest BCUT2D eigenvalue weighted by Crippen LogP contribution is -2.29. The van der Waals surface area contributed by atoms with Gasteiger partial charge in [-0.15, -0.1) is 0 Å². The number of anilines is 4. The van der Waals surface area contributed by atoms with Gasteiger partial charge in [-0.2, -0.15) is 0 Å². The summed E-state index contributed by atoms with van der Waals surface area (Å²) < 4.78 is 1.60. The number of nitrogens with two attached hydrogens (primary N) is 1. The summed E-state index contributed by atoms with van der Waals surface area (Å²) in [7, 11) is 1.76. The number of likely N-dealkylation sites (tertiary alicyclic amines) is 1. The van der Waals surface area contributed by atoms with E-state index in [1.165, 1.54) is 24.8 Å². The first-order valence-corrected chi connectivity index (χ1v) is 15.1. The fourth-order valence-corrected chi connectivity index (χ4v) is 5.72. The molecule has 0 radical (unpaired) electrons. The van der Waals surface area contributed by atoms with Crippen LogP contribution in [0.1, 0.15) is 67.1 Å². The van der Waals surface area contributed by atoms with E-state index >= 15 is 0 Å². The van der Waals surface area contributed by atoms with Crippen LogP contribution in [0.5, 0.6) is 0 Å².